The number of thioether (sulfide) groups is 1. The molecule has 1 N–H and O–H groups in total. The van der Waals surface area contributed by atoms with E-state index in [-0.39, 0.29) is 17.3 Å². The third-order valence-electron chi connectivity index (χ3n) is 4.09. The maximum atomic E-state index is 11.8. The van der Waals surface area contributed by atoms with Gasteiger partial charge in [-0.15, -0.1) is 23.4 Å². The SMILES string of the molecule is CCCCC(CC)(CSc1ccc(OC)c(C)c1)NC(=O)CCl. The number of carbonyl (C=O) groups is 1. The molecular weight excluding hydrogens is 330 g/mol. The van der Waals surface area contributed by atoms with Crippen molar-refractivity contribution in [2.45, 2.75) is 56.9 Å². The van der Waals surface area contributed by atoms with Gasteiger partial charge in [-0.1, -0.05) is 26.7 Å². The lowest BCUT2D eigenvalue weighted by Crippen LogP contribution is -2.50. The first-order valence-electron chi connectivity index (χ1n) is 8.14. The van der Waals surface area contributed by atoms with Crippen molar-refractivity contribution in [3.63, 3.8) is 0 Å². The van der Waals surface area contributed by atoms with Gasteiger partial charge in [0.1, 0.15) is 11.6 Å². The summed E-state index contributed by atoms with van der Waals surface area (Å²) in [6.07, 6.45) is 4.09. The minimum Gasteiger partial charge on any atom is -0.496 e. The fraction of sp³-hybridized carbons (Fsp3) is 0.611. The van der Waals surface area contributed by atoms with Gasteiger partial charge in [-0.3, -0.25) is 4.79 Å². The number of amides is 1. The molecule has 0 aliphatic carbocycles. The number of rotatable bonds is 10. The number of alkyl halides is 1. The van der Waals surface area contributed by atoms with Crippen LogP contribution in [0.25, 0.3) is 0 Å². The average molecular weight is 358 g/mol. The average Bonchev–Trinajstić information content (AvgIpc) is 2.57. The largest absolute Gasteiger partial charge is 0.496 e. The molecule has 0 saturated heterocycles. The van der Waals surface area contributed by atoms with Gasteiger partial charge in [0.2, 0.25) is 5.91 Å². The van der Waals surface area contributed by atoms with E-state index in [0.717, 1.165) is 42.7 Å². The number of nitrogens with one attached hydrogen (secondary N) is 1. The lowest BCUT2D eigenvalue weighted by atomic mass is 9.91. The van der Waals surface area contributed by atoms with Crippen molar-refractivity contribution < 1.29 is 9.53 Å². The second-order valence-corrected chi connectivity index (χ2v) is 7.16. The highest BCUT2D eigenvalue weighted by Crippen LogP contribution is 2.31. The number of aryl methyl sites for hydroxylation is 1. The van der Waals surface area contributed by atoms with E-state index >= 15 is 0 Å². The molecule has 1 atom stereocenters. The van der Waals surface area contributed by atoms with Gasteiger partial charge in [0.05, 0.1) is 7.11 Å². The summed E-state index contributed by atoms with van der Waals surface area (Å²) >= 11 is 7.46. The van der Waals surface area contributed by atoms with E-state index in [1.807, 2.05) is 13.0 Å². The Balaban J connectivity index is 2.83. The number of carbonyl (C=O) groups excluding carboxylic acids is 1. The van der Waals surface area contributed by atoms with Crippen LogP contribution in [-0.4, -0.2) is 30.2 Å². The number of hydrogen-bond donors (Lipinski definition) is 1. The molecule has 0 saturated carbocycles. The molecule has 0 spiro atoms. The van der Waals surface area contributed by atoms with E-state index in [1.165, 1.54) is 4.90 Å². The smallest absolute Gasteiger partial charge is 0.235 e. The highest BCUT2D eigenvalue weighted by atomic mass is 35.5. The molecule has 23 heavy (non-hydrogen) atoms. The lowest BCUT2D eigenvalue weighted by molar-refractivity contribution is -0.120. The number of ether oxygens (including phenoxy) is 1. The van der Waals surface area contributed by atoms with Gasteiger partial charge in [0.25, 0.3) is 0 Å². The van der Waals surface area contributed by atoms with Crippen LogP contribution < -0.4 is 10.1 Å². The molecule has 1 unspecified atom stereocenters. The van der Waals surface area contributed by atoms with Crippen LogP contribution in [0.15, 0.2) is 23.1 Å². The quantitative estimate of drug-likeness (QED) is 0.483. The summed E-state index contributed by atoms with van der Waals surface area (Å²) in [4.78, 5) is 13.0. The molecular formula is C18H28ClNO2S. The van der Waals surface area contributed by atoms with Crippen molar-refractivity contribution in [3.05, 3.63) is 23.8 Å². The fourth-order valence-corrected chi connectivity index (χ4v) is 3.90. The Kier molecular flexibility index (Phi) is 8.85. The van der Waals surface area contributed by atoms with E-state index in [0.29, 0.717) is 0 Å². The molecule has 0 heterocycles. The van der Waals surface area contributed by atoms with Crippen molar-refractivity contribution in [1.82, 2.24) is 5.32 Å². The van der Waals surface area contributed by atoms with Gasteiger partial charge in [0, 0.05) is 16.2 Å². The predicted octanol–water partition coefficient (Wildman–Crippen LogP) is 4.79. The highest BCUT2D eigenvalue weighted by Gasteiger charge is 2.29. The van der Waals surface area contributed by atoms with Gasteiger partial charge in [0.15, 0.2) is 0 Å². The molecule has 1 amide bonds. The number of unbranched alkanes of at least 4 members (excludes halogenated alkanes) is 1. The minimum atomic E-state index is -0.194. The number of methoxy groups -OCH3 is 1. The molecule has 0 fully saturated rings. The van der Waals surface area contributed by atoms with Crippen LogP contribution in [0.2, 0.25) is 0 Å². The molecule has 130 valence electrons. The zero-order valence-corrected chi connectivity index (χ0v) is 16.1. The van der Waals surface area contributed by atoms with Crippen molar-refractivity contribution in [3.8, 4) is 5.75 Å². The Hall–Kier alpha value is -0.870. The summed E-state index contributed by atoms with van der Waals surface area (Å²) in [6, 6.07) is 6.20. The van der Waals surface area contributed by atoms with Crippen LogP contribution in [-0.2, 0) is 4.79 Å². The molecule has 1 aromatic carbocycles. The van der Waals surface area contributed by atoms with Crippen LogP contribution in [0.3, 0.4) is 0 Å². The monoisotopic (exact) mass is 357 g/mol. The first-order valence-corrected chi connectivity index (χ1v) is 9.66. The molecule has 0 aromatic heterocycles. The van der Waals surface area contributed by atoms with Gasteiger partial charge in [-0.25, -0.2) is 0 Å². The van der Waals surface area contributed by atoms with Crippen molar-refractivity contribution >= 4 is 29.3 Å². The summed E-state index contributed by atoms with van der Waals surface area (Å²) in [5.74, 6) is 1.67. The molecule has 1 rings (SSSR count). The Bertz CT molecular complexity index is 510. The Morgan fingerprint density at radius 2 is 2.13 bits per heavy atom. The number of benzene rings is 1. The fourth-order valence-electron chi connectivity index (χ4n) is 2.54. The Morgan fingerprint density at radius 1 is 1.39 bits per heavy atom. The van der Waals surface area contributed by atoms with Gasteiger partial charge in [-0.05, 0) is 43.5 Å². The van der Waals surface area contributed by atoms with E-state index in [2.05, 4.69) is 31.3 Å². The molecule has 0 aliphatic heterocycles. The maximum absolute atomic E-state index is 11.8. The molecule has 0 aliphatic rings. The van der Waals surface area contributed by atoms with Crippen molar-refractivity contribution in [2.24, 2.45) is 0 Å². The van der Waals surface area contributed by atoms with Gasteiger partial charge < -0.3 is 10.1 Å². The molecule has 3 nitrogen and oxygen atoms in total. The van der Waals surface area contributed by atoms with Crippen LogP contribution in [0.1, 0.15) is 45.1 Å². The summed E-state index contributed by atoms with van der Waals surface area (Å²) in [5.41, 5.74) is 0.929. The second kappa shape index (κ2) is 10.1. The van der Waals surface area contributed by atoms with Gasteiger partial charge >= 0.3 is 0 Å². The van der Waals surface area contributed by atoms with E-state index < -0.39 is 0 Å². The molecule has 0 bridgehead atoms. The van der Waals surface area contributed by atoms with Crippen LogP contribution in [0.5, 0.6) is 5.75 Å². The summed E-state index contributed by atoms with van der Waals surface area (Å²) in [6.45, 7) is 6.34. The Labute approximate surface area is 149 Å². The number of hydrogen-bond acceptors (Lipinski definition) is 3. The zero-order chi connectivity index (χ0) is 17.3. The highest BCUT2D eigenvalue weighted by molar-refractivity contribution is 7.99. The van der Waals surface area contributed by atoms with Crippen LogP contribution >= 0.6 is 23.4 Å². The molecule has 0 radical (unpaired) electrons. The first kappa shape index (κ1) is 20.2. The van der Waals surface area contributed by atoms with Crippen molar-refractivity contribution in [2.75, 3.05) is 18.7 Å². The lowest BCUT2D eigenvalue weighted by Gasteiger charge is -2.34. The summed E-state index contributed by atoms with van der Waals surface area (Å²) < 4.78 is 5.31. The third-order valence-corrected chi connectivity index (χ3v) is 5.62. The number of halogens is 1. The standard InChI is InChI=1S/C18H28ClNO2S/c1-5-7-10-18(6-2,20-17(21)12-19)13-23-15-8-9-16(22-4)14(3)11-15/h8-9,11H,5-7,10,12-13H2,1-4H3,(H,20,21). The first-order chi connectivity index (χ1) is 11.0. The topological polar surface area (TPSA) is 38.3 Å². The molecule has 1 aromatic rings. The van der Waals surface area contributed by atoms with E-state index in [4.69, 9.17) is 16.3 Å². The van der Waals surface area contributed by atoms with Crippen molar-refractivity contribution in [1.29, 1.82) is 0 Å². The molecule has 5 heteroatoms. The summed E-state index contributed by atoms with van der Waals surface area (Å²) in [7, 11) is 1.68. The normalized spacial score (nSPS) is 13.4. The van der Waals surface area contributed by atoms with Crippen LogP contribution in [0, 0.1) is 6.92 Å². The second-order valence-electron chi connectivity index (χ2n) is 5.84. The summed E-state index contributed by atoms with van der Waals surface area (Å²) in [5, 5.41) is 3.16. The minimum absolute atomic E-state index is 0.0141. The van der Waals surface area contributed by atoms with Crippen LogP contribution in [0.4, 0.5) is 0 Å². The van der Waals surface area contributed by atoms with E-state index in [9.17, 15) is 4.79 Å². The maximum Gasteiger partial charge on any atom is 0.235 e. The zero-order valence-electron chi connectivity index (χ0n) is 14.6. The van der Waals surface area contributed by atoms with Gasteiger partial charge in [-0.2, -0.15) is 0 Å². The third kappa shape index (κ3) is 6.27. The predicted molar refractivity (Wildman–Crippen MR) is 99.9 cm³/mol. The van der Waals surface area contributed by atoms with E-state index in [1.54, 1.807) is 18.9 Å². The Morgan fingerprint density at radius 3 is 2.65 bits per heavy atom.